The molecule has 1 N–H and O–H groups in total. The van der Waals surface area contributed by atoms with Gasteiger partial charge in [0.2, 0.25) is 0 Å². The first-order valence-corrected chi connectivity index (χ1v) is 28.2. The summed E-state index contributed by atoms with van der Waals surface area (Å²) in [6.45, 7) is 10.1. The highest BCUT2D eigenvalue weighted by molar-refractivity contribution is 8.00. The maximum absolute atomic E-state index is 15.9. The van der Waals surface area contributed by atoms with Crippen LogP contribution in [0.3, 0.4) is 0 Å². The fourth-order valence-corrected chi connectivity index (χ4v) is 15.1. The van der Waals surface area contributed by atoms with Gasteiger partial charge in [0.1, 0.15) is 36.2 Å². The third-order valence-corrected chi connectivity index (χ3v) is 22.9. The molecule has 0 aliphatic carbocycles. The molecule has 3 amide bonds. The number of benzene rings is 5. The minimum atomic E-state index is -3.17. The van der Waals surface area contributed by atoms with E-state index in [-0.39, 0.29) is 47.7 Å². The number of alkyl carbamates (subject to hydrolysis) is 1. The highest BCUT2D eigenvalue weighted by Crippen LogP contribution is 2.52. The van der Waals surface area contributed by atoms with Crippen LogP contribution in [0.1, 0.15) is 45.7 Å². The fraction of sp³-hybridized carbons (Fsp3) is 0.314. The van der Waals surface area contributed by atoms with Crippen LogP contribution < -0.4 is 21.2 Å². The number of nitrogens with zero attached hydrogens (tertiary/aromatic N) is 3. The molecule has 1 aliphatic rings. The summed E-state index contributed by atoms with van der Waals surface area (Å²) in [5.41, 5.74) is 0.752. The van der Waals surface area contributed by atoms with Crippen LogP contribution in [0.4, 0.5) is 21.0 Å². The summed E-state index contributed by atoms with van der Waals surface area (Å²) in [6, 6.07) is 39.2. The van der Waals surface area contributed by atoms with E-state index in [9.17, 15) is 29.8 Å². The van der Waals surface area contributed by atoms with E-state index in [0.717, 1.165) is 15.9 Å². The van der Waals surface area contributed by atoms with Crippen LogP contribution in [-0.2, 0) is 36.7 Å². The molecule has 1 fully saturated rings. The lowest BCUT2D eigenvalue weighted by atomic mass is 9.78. The van der Waals surface area contributed by atoms with Crippen molar-refractivity contribution in [1.29, 1.82) is 0 Å². The van der Waals surface area contributed by atoms with Gasteiger partial charge in [-0.1, -0.05) is 112 Å². The maximum atomic E-state index is 15.9. The Hall–Kier alpha value is -6.23. The number of carbonyl (C=O) groups is 4. The van der Waals surface area contributed by atoms with E-state index < -0.39 is 70.9 Å². The largest absolute Gasteiger partial charge is 0.529 e. The van der Waals surface area contributed by atoms with Crippen molar-refractivity contribution in [3.8, 4) is 0 Å². The zero-order chi connectivity index (χ0) is 50.1. The first-order chi connectivity index (χ1) is 32.7. The third-order valence-electron chi connectivity index (χ3n) is 12.8. The Morgan fingerprint density at radius 1 is 0.754 bits per heavy atom. The molecular formula is C51H58N4O11PSSi+. The van der Waals surface area contributed by atoms with Crippen molar-refractivity contribution in [1.82, 2.24) is 5.32 Å². The second-order valence-electron chi connectivity index (χ2n) is 18.4. The number of nitrogens with one attached hydrogen (secondary N) is 1. The lowest BCUT2D eigenvalue weighted by Crippen LogP contribution is -2.82. The molecule has 1 heterocycles. The number of nitro benzene ring substituents is 2. The molecule has 5 aromatic carbocycles. The summed E-state index contributed by atoms with van der Waals surface area (Å²) in [7, 11) is -2.58. The number of quaternary nitrogens is 1. The number of likely N-dealkylation sites (tertiary alicyclic amines) is 1. The van der Waals surface area contributed by atoms with Crippen LogP contribution in [0.2, 0.25) is 18.1 Å². The molecule has 1 aliphatic heterocycles. The van der Waals surface area contributed by atoms with Gasteiger partial charge in [-0.25, -0.2) is 9.59 Å². The van der Waals surface area contributed by atoms with Crippen molar-refractivity contribution in [3.05, 3.63) is 171 Å². The van der Waals surface area contributed by atoms with E-state index in [1.165, 1.54) is 67.2 Å². The normalized spacial score (nSPS) is 17.9. The first-order valence-electron chi connectivity index (χ1n) is 22.4. The van der Waals surface area contributed by atoms with Gasteiger partial charge in [0.25, 0.3) is 11.4 Å². The first kappa shape index (κ1) is 52.1. The average Bonchev–Trinajstić information content (AvgIpc) is 3.33. The fourth-order valence-electron chi connectivity index (χ4n) is 8.28. The van der Waals surface area contributed by atoms with Gasteiger partial charge in [-0.15, -0.1) is 16.2 Å². The number of ketones is 1. The Morgan fingerprint density at radius 3 is 1.59 bits per heavy atom. The van der Waals surface area contributed by atoms with Gasteiger partial charge >= 0.3 is 18.1 Å². The van der Waals surface area contributed by atoms with E-state index in [1.54, 1.807) is 0 Å². The SMILES string of the molecule is CC(=O)[C@H](SCCNC(=O)OCc1ccc([N+](=O)[O-])cc1)[C@H]1[C@@H]([C@@H](C)O[Si](C)(C)C(C)(C)C)C(=O)[N+]1(C=P(c1ccccc1)(c1ccccc1)c1ccccc1)C(=O)OCc1ccc([N+](=O)[O-])cc1. The molecule has 1 unspecified atom stereocenters. The third kappa shape index (κ3) is 11.5. The summed E-state index contributed by atoms with van der Waals surface area (Å²) < 4.78 is 17.6. The predicted molar refractivity (Wildman–Crippen MR) is 273 cm³/mol. The summed E-state index contributed by atoms with van der Waals surface area (Å²) in [5.74, 6) is 0.196. The summed E-state index contributed by atoms with van der Waals surface area (Å²) in [6.07, 6.45) is -2.43. The van der Waals surface area contributed by atoms with Crippen LogP contribution >= 0.6 is 18.6 Å². The van der Waals surface area contributed by atoms with Crippen LogP contribution in [0, 0.1) is 26.1 Å². The van der Waals surface area contributed by atoms with Gasteiger partial charge in [-0.05, 0) is 83.3 Å². The van der Waals surface area contributed by atoms with Crippen molar-refractivity contribution in [3.63, 3.8) is 0 Å². The number of β-lactam (4-membered cyclic amide) rings is 1. The molecule has 6 rings (SSSR count). The van der Waals surface area contributed by atoms with E-state index in [2.05, 4.69) is 39.2 Å². The Balaban J connectivity index is 1.49. The van der Waals surface area contributed by atoms with Crippen molar-refractivity contribution >= 4 is 84.1 Å². The van der Waals surface area contributed by atoms with Crippen molar-refractivity contribution in [2.75, 3.05) is 12.3 Å². The number of thioether (sulfide) groups is 1. The monoisotopic (exact) mass is 993 g/mol. The summed E-state index contributed by atoms with van der Waals surface area (Å²) >= 11 is 1.20. The molecule has 5 aromatic rings. The lowest BCUT2D eigenvalue weighted by molar-refractivity contribution is -0.754. The van der Waals surface area contributed by atoms with Crippen LogP contribution in [0.5, 0.6) is 0 Å². The molecule has 1 saturated heterocycles. The molecule has 0 spiro atoms. The second kappa shape index (κ2) is 22.0. The minimum absolute atomic E-state index is 0.0399. The number of nitro groups is 2. The highest BCUT2D eigenvalue weighted by atomic mass is 32.2. The van der Waals surface area contributed by atoms with E-state index >= 15 is 9.59 Å². The van der Waals surface area contributed by atoms with Gasteiger partial charge < -0.3 is 19.2 Å². The number of Topliss-reactive ketones (excluding diaryl/α,β-unsaturated/α-hetero) is 1. The second-order valence-corrected chi connectivity index (χ2v) is 27.6. The van der Waals surface area contributed by atoms with Crippen LogP contribution in [0.25, 0.3) is 0 Å². The number of hydrogen-bond donors (Lipinski definition) is 1. The number of hydrogen-bond acceptors (Lipinski definition) is 12. The molecule has 18 heteroatoms. The number of rotatable bonds is 19. The predicted octanol–water partition coefficient (Wildman–Crippen LogP) is 9.26. The Labute approximate surface area is 407 Å². The van der Waals surface area contributed by atoms with Crippen LogP contribution in [0.15, 0.2) is 140 Å². The van der Waals surface area contributed by atoms with E-state index in [1.807, 2.05) is 104 Å². The highest BCUT2D eigenvalue weighted by Gasteiger charge is 2.74. The topological polar surface area (TPSA) is 194 Å². The molecule has 5 atom stereocenters. The molecule has 362 valence electrons. The lowest BCUT2D eigenvalue weighted by Gasteiger charge is -2.54. The molecule has 0 saturated carbocycles. The van der Waals surface area contributed by atoms with Crippen molar-refractivity contribution < 1.29 is 47.4 Å². The maximum Gasteiger partial charge on any atom is 0.529 e. The standard InChI is InChI=1S/C51H57N4O11PSSi/c1-36(56)47(68-32-31-52-49(58)64-33-38-23-27-40(28-24-38)53(60)61)46-45(37(2)66-69(6,7)51(3,4)5)48(57)55(46,50(59)65-34-39-25-29-41(30-26-39)54(62)63)35-67(42-17-11-8-12-18-42,43-19-13-9-14-20-43)44-21-15-10-16-22-44/h8-30,35,37,45-47H,31-34H2,1-7H3/p+1/t37-,45-,46-,47+,55?/m1/s1. The van der Waals surface area contributed by atoms with Gasteiger partial charge in [0.05, 0.1) is 16.0 Å². The number of non-ortho nitro benzene ring substituents is 2. The van der Waals surface area contributed by atoms with Crippen molar-refractivity contribution in [2.45, 2.75) is 83.4 Å². The minimum Gasteiger partial charge on any atom is -0.445 e. The summed E-state index contributed by atoms with van der Waals surface area (Å²) in [4.78, 5) is 80.3. The van der Waals surface area contributed by atoms with Gasteiger partial charge in [0.15, 0.2) is 14.2 Å². The molecule has 69 heavy (non-hydrogen) atoms. The number of carbonyl (C=O) groups excluding carboxylic acids is 4. The van der Waals surface area contributed by atoms with Gasteiger partial charge in [-0.3, -0.25) is 25.0 Å². The zero-order valence-electron chi connectivity index (χ0n) is 39.7. The molecule has 0 radical (unpaired) electrons. The number of amides is 3. The molecular weight excluding hydrogens is 936 g/mol. The quantitative estimate of drug-likeness (QED) is 0.0157. The van der Waals surface area contributed by atoms with Gasteiger partial charge in [0, 0.05) is 43.4 Å². The Morgan fingerprint density at radius 2 is 1.19 bits per heavy atom. The zero-order valence-corrected chi connectivity index (χ0v) is 42.4. The smallest absolute Gasteiger partial charge is 0.445 e. The molecule has 0 aromatic heterocycles. The summed E-state index contributed by atoms with van der Waals surface area (Å²) in [5, 5.41) is 26.5. The molecule has 15 nitrogen and oxygen atoms in total. The van der Waals surface area contributed by atoms with Gasteiger partial charge in [-0.2, -0.15) is 4.79 Å². The number of imide groups is 1. The Kier molecular flexibility index (Phi) is 16.6. The Bertz CT molecular complexity index is 2600. The van der Waals surface area contributed by atoms with E-state index in [0.29, 0.717) is 11.1 Å². The van der Waals surface area contributed by atoms with Crippen molar-refractivity contribution in [2.24, 2.45) is 5.92 Å². The molecule has 0 bridgehead atoms. The van der Waals surface area contributed by atoms with Crippen LogP contribution in [-0.4, -0.2) is 82.1 Å². The number of ether oxygens (including phenoxy) is 2. The van der Waals surface area contributed by atoms with E-state index in [4.69, 9.17) is 13.9 Å². The average molecular weight is 994 g/mol.